The standard InChI is InChI=1S/C17H24N4O2/c1-18(2)16(23)20-10-9-17(12-20)13-21(15(22)11-19(17)3)14-7-5-4-6-8-14/h4-8H,9-13H2,1-3H3/t17-/m1/s1. The Morgan fingerprint density at radius 2 is 1.87 bits per heavy atom. The lowest BCUT2D eigenvalue weighted by atomic mass is 9.92. The van der Waals surface area contributed by atoms with Crippen molar-refractivity contribution in [1.29, 1.82) is 0 Å². The van der Waals surface area contributed by atoms with E-state index in [0.29, 0.717) is 19.6 Å². The monoisotopic (exact) mass is 316 g/mol. The van der Waals surface area contributed by atoms with Gasteiger partial charge in [0.2, 0.25) is 5.91 Å². The number of benzene rings is 1. The maximum atomic E-state index is 12.5. The van der Waals surface area contributed by atoms with Crippen molar-refractivity contribution < 1.29 is 9.59 Å². The van der Waals surface area contributed by atoms with Gasteiger partial charge in [0.1, 0.15) is 0 Å². The molecule has 6 heteroatoms. The molecule has 3 amide bonds. The van der Waals surface area contributed by atoms with E-state index < -0.39 is 0 Å². The summed E-state index contributed by atoms with van der Waals surface area (Å²) in [6.07, 6.45) is 0.889. The number of likely N-dealkylation sites (tertiary alicyclic amines) is 1. The van der Waals surface area contributed by atoms with E-state index in [4.69, 9.17) is 0 Å². The van der Waals surface area contributed by atoms with Crippen molar-refractivity contribution in [3.05, 3.63) is 30.3 Å². The molecule has 0 unspecified atom stereocenters. The molecule has 1 aromatic carbocycles. The lowest BCUT2D eigenvalue weighted by Gasteiger charge is -2.46. The molecule has 6 nitrogen and oxygen atoms in total. The molecule has 0 N–H and O–H groups in total. The van der Waals surface area contributed by atoms with E-state index >= 15 is 0 Å². The van der Waals surface area contributed by atoms with Crippen LogP contribution >= 0.6 is 0 Å². The van der Waals surface area contributed by atoms with Gasteiger partial charge in [0.25, 0.3) is 0 Å². The molecule has 2 heterocycles. The minimum absolute atomic E-state index is 0.0402. The second-order valence-electron chi connectivity index (χ2n) is 6.74. The minimum atomic E-state index is -0.157. The van der Waals surface area contributed by atoms with Crippen LogP contribution in [-0.2, 0) is 4.79 Å². The molecule has 23 heavy (non-hydrogen) atoms. The molecule has 1 aromatic rings. The molecule has 2 fully saturated rings. The molecular formula is C17H24N4O2. The van der Waals surface area contributed by atoms with Gasteiger partial charge >= 0.3 is 6.03 Å². The smallest absolute Gasteiger partial charge is 0.319 e. The molecule has 1 atom stereocenters. The number of amides is 3. The van der Waals surface area contributed by atoms with Gasteiger partial charge < -0.3 is 14.7 Å². The highest BCUT2D eigenvalue weighted by Gasteiger charge is 2.48. The maximum Gasteiger partial charge on any atom is 0.319 e. The Balaban J connectivity index is 1.82. The van der Waals surface area contributed by atoms with Crippen molar-refractivity contribution in [3.8, 4) is 0 Å². The number of para-hydroxylation sites is 1. The second kappa shape index (κ2) is 5.85. The first kappa shape index (κ1) is 15.8. The summed E-state index contributed by atoms with van der Waals surface area (Å²) in [6.45, 7) is 2.41. The predicted molar refractivity (Wildman–Crippen MR) is 89.4 cm³/mol. The molecule has 0 radical (unpaired) electrons. The van der Waals surface area contributed by atoms with Gasteiger partial charge in [0.05, 0.1) is 12.1 Å². The number of nitrogens with zero attached hydrogens (tertiary/aromatic N) is 4. The highest BCUT2D eigenvalue weighted by Crippen LogP contribution is 2.33. The molecule has 0 aliphatic carbocycles. The van der Waals surface area contributed by atoms with Gasteiger partial charge in [-0.1, -0.05) is 18.2 Å². The van der Waals surface area contributed by atoms with Gasteiger partial charge in [-0.2, -0.15) is 0 Å². The van der Waals surface area contributed by atoms with Gasteiger partial charge in [0, 0.05) is 39.4 Å². The van der Waals surface area contributed by atoms with Gasteiger partial charge in [-0.25, -0.2) is 4.79 Å². The number of urea groups is 1. The zero-order valence-electron chi connectivity index (χ0n) is 14.0. The Morgan fingerprint density at radius 3 is 2.52 bits per heavy atom. The van der Waals surface area contributed by atoms with E-state index in [1.807, 2.05) is 47.2 Å². The lowest BCUT2D eigenvalue weighted by Crippen LogP contribution is -2.64. The number of anilines is 1. The van der Waals surface area contributed by atoms with Crippen molar-refractivity contribution in [1.82, 2.24) is 14.7 Å². The van der Waals surface area contributed by atoms with Crippen LogP contribution in [0.2, 0.25) is 0 Å². The van der Waals surface area contributed by atoms with Crippen LogP contribution in [0.1, 0.15) is 6.42 Å². The summed E-state index contributed by atoms with van der Waals surface area (Å²) < 4.78 is 0. The number of carbonyl (C=O) groups is 2. The van der Waals surface area contributed by atoms with Crippen molar-refractivity contribution in [2.75, 3.05) is 52.2 Å². The normalized spacial score (nSPS) is 25.3. The van der Waals surface area contributed by atoms with Crippen LogP contribution in [0.5, 0.6) is 0 Å². The van der Waals surface area contributed by atoms with Crippen LogP contribution in [0.25, 0.3) is 0 Å². The van der Waals surface area contributed by atoms with Crippen molar-refractivity contribution in [2.24, 2.45) is 0 Å². The van der Waals surface area contributed by atoms with E-state index in [1.54, 1.807) is 19.0 Å². The first-order chi connectivity index (χ1) is 10.9. The Bertz CT molecular complexity index is 604. The lowest BCUT2D eigenvalue weighted by molar-refractivity contribution is -0.123. The summed E-state index contributed by atoms with van der Waals surface area (Å²) in [5.41, 5.74) is 0.775. The Labute approximate surface area is 137 Å². The second-order valence-corrected chi connectivity index (χ2v) is 6.74. The fourth-order valence-electron chi connectivity index (χ4n) is 3.55. The summed E-state index contributed by atoms with van der Waals surface area (Å²) >= 11 is 0. The van der Waals surface area contributed by atoms with Crippen LogP contribution in [-0.4, -0.2) is 79.5 Å². The van der Waals surface area contributed by atoms with E-state index in [2.05, 4.69) is 4.90 Å². The van der Waals surface area contributed by atoms with Gasteiger partial charge in [-0.3, -0.25) is 9.69 Å². The van der Waals surface area contributed by atoms with Crippen molar-refractivity contribution in [3.63, 3.8) is 0 Å². The number of likely N-dealkylation sites (N-methyl/N-ethyl adjacent to an activating group) is 1. The quantitative estimate of drug-likeness (QED) is 0.779. The van der Waals surface area contributed by atoms with E-state index in [0.717, 1.165) is 18.7 Å². The molecule has 1 spiro atoms. The summed E-state index contributed by atoms with van der Waals surface area (Å²) in [5, 5.41) is 0. The van der Waals surface area contributed by atoms with E-state index in [9.17, 15) is 9.59 Å². The average Bonchev–Trinajstić information content (AvgIpc) is 2.96. The third-order valence-electron chi connectivity index (χ3n) is 4.99. The fourth-order valence-corrected chi connectivity index (χ4v) is 3.55. The summed E-state index contributed by atoms with van der Waals surface area (Å²) in [4.78, 5) is 32.2. The third kappa shape index (κ3) is 2.79. The number of rotatable bonds is 1. The minimum Gasteiger partial charge on any atom is -0.331 e. The Hall–Kier alpha value is -2.08. The first-order valence-corrected chi connectivity index (χ1v) is 7.96. The molecule has 0 aromatic heterocycles. The zero-order chi connectivity index (χ0) is 16.6. The van der Waals surface area contributed by atoms with Gasteiger partial charge in [-0.05, 0) is 25.6 Å². The SMILES string of the molecule is CN(C)C(=O)N1CC[C@@]2(C1)CN(c1ccccc1)C(=O)CN2C. The molecule has 2 aliphatic heterocycles. The number of carbonyl (C=O) groups excluding carboxylic acids is 2. The highest BCUT2D eigenvalue weighted by atomic mass is 16.2. The zero-order valence-corrected chi connectivity index (χ0v) is 14.0. The topological polar surface area (TPSA) is 47.1 Å². The number of hydrogen-bond donors (Lipinski definition) is 0. The van der Waals surface area contributed by atoms with Crippen molar-refractivity contribution >= 4 is 17.6 Å². The molecule has 124 valence electrons. The van der Waals surface area contributed by atoms with Crippen LogP contribution in [0.4, 0.5) is 10.5 Å². The largest absolute Gasteiger partial charge is 0.331 e. The van der Waals surface area contributed by atoms with Crippen LogP contribution in [0, 0.1) is 0 Å². The fraction of sp³-hybridized carbons (Fsp3) is 0.529. The number of piperazine rings is 1. The van der Waals surface area contributed by atoms with E-state index in [-0.39, 0.29) is 17.5 Å². The van der Waals surface area contributed by atoms with Gasteiger partial charge in [-0.15, -0.1) is 0 Å². The van der Waals surface area contributed by atoms with Crippen LogP contribution < -0.4 is 4.90 Å². The predicted octanol–water partition coefficient (Wildman–Crippen LogP) is 1.09. The summed E-state index contributed by atoms with van der Waals surface area (Å²) in [5.74, 6) is 0.113. The summed E-state index contributed by atoms with van der Waals surface area (Å²) in [6, 6.07) is 9.82. The molecule has 0 bridgehead atoms. The molecular weight excluding hydrogens is 292 g/mol. The molecule has 0 saturated carbocycles. The highest BCUT2D eigenvalue weighted by molar-refractivity contribution is 5.96. The third-order valence-corrected chi connectivity index (χ3v) is 4.99. The Kier molecular flexibility index (Phi) is 4.02. The van der Waals surface area contributed by atoms with Crippen LogP contribution in [0.15, 0.2) is 30.3 Å². The summed E-state index contributed by atoms with van der Waals surface area (Å²) in [7, 11) is 5.54. The average molecular weight is 316 g/mol. The Morgan fingerprint density at radius 1 is 1.17 bits per heavy atom. The van der Waals surface area contributed by atoms with Crippen molar-refractivity contribution in [2.45, 2.75) is 12.0 Å². The van der Waals surface area contributed by atoms with E-state index in [1.165, 1.54) is 0 Å². The van der Waals surface area contributed by atoms with Crippen LogP contribution in [0.3, 0.4) is 0 Å². The number of hydrogen-bond acceptors (Lipinski definition) is 3. The molecule has 2 aliphatic rings. The molecule has 3 rings (SSSR count). The van der Waals surface area contributed by atoms with Gasteiger partial charge in [0.15, 0.2) is 0 Å². The maximum absolute atomic E-state index is 12.5. The molecule has 2 saturated heterocycles. The first-order valence-electron chi connectivity index (χ1n) is 7.96.